The third kappa shape index (κ3) is 6.89. The highest BCUT2D eigenvalue weighted by molar-refractivity contribution is 5.28. The Kier molecular flexibility index (Phi) is 7.65. The summed E-state index contributed by atoms with van der Waals surface area (Å²) in [6, 6.07) is 13.3. The topological polar surface area (TPSA) is 50.8 Å². The monoisotopic (exact) mass is 339 g/mol. The number of rotatable bonds is 7. The van der Waals surface area contributed by atoms with Crippen molar-refractivity contribution in [2.24, 2.45) is 10.8 Å². The highest BCUT2D eigenvalue weighted by Crippen LogP contribution is 2.47. The van der Waals surface area contributed by atoms with E-state index >= 15 is 0 Å². The van der Waals surface area contributed by atoms with Crippen LogP contribution in [0.25, 0.3) is 0 Å². The summed E-state index contributed by atoms with van der Waals surface area (Å²) in [5.74, 6) is 0.474. The van der Waals surface area contributed by atoms with Crippen molar-refractivity contribution in [1.29, 1.82) is 10.5 Å². The average molecular weight is 340 g/mol. The maximum absolute atomic E-state index is 8.81. The van der Waals surface area contributed by atoms with Crippen LogP contribution in [0.1, 0.15) is 71.4 Å². The summed E-state index contributed by atoms with van der Waals surface area (Å²) in [7, 11) is 0. The third-order valence-electron chi connectivity index (χ3n) is 4.53. The molecule has 0 heterocycles. The van der Waals surface area contributed by atoms with Crippen LogP contribution in [0, 0.1) is 33.5 Å². The normalized spacial score (nSPS) is 12.2. The molecular weight excluding hydrogens is 306 g/mol. The molecular formula is C22H33N3. The second kappa shape index (κ2) is 9.02. The average Bonchev–Trinajstić information content (AvgIpc) is 2.49. The van der Waals surface area contributed by atoms with Gasteiger partial charge in [-0.2, -0.15) is 10.5 Å². The van der Waals surface area contributed by atoms with E-state index in [1.165, 1.54) is 11.1 Å². The molecule has 0 radical (unpaired) electrons. The fourth-order valence-corrected chi connectivity index (χ4v) is 4.06. The first-order valence-electron chi connectivity index (χ1n) is 9.14. The van der Waals surface area contributed by atoms with E-state index in [0.29, 0.717) is 31.8 Å². The molecule has 3 heteroatoms. The second-order valence-corrected chi connectivity index (χ2v) is 9.00. The van der Waals surface area contributed by atoms with Crippen LogP contribution in [0.3, 0.4) is 0 Å². The lowest BCUT2D eigenvalue weighted by atomic mass is 9.63. The molecule has 1 aromatic rings. The van der Waals surface area contributed by atoms with Crippen LogP contribution >= 0.6 is 0 Å². The van der Waals surface area contributed by atoms with Gasteiger partial charge in [-0.3, -0.25) is 4.90 Å². The predicted molar refractivity (Wildman–Crippen MR) is 104 cm³/mol. The molecule has 3 nitrogen and oxygen atoms in total. The van der Waals surface area contributed by atoms with Gasteiger partial charge in [0.05, 0.1) is 12.1 Å². The minimum absolute atomic E-state index is 0.200. The molecule has 0 aliphatic heterocycles. The van der Waals surface area contributed by atoms with Gasteiger partial charge in [-0.05, 0) is 27.9 Å². The molecule has 25 heavy (non-hydrogen) atoms. The molecule has 1 rings (SSSR count). The van der Waals surface area contributed by atoms with Gasteiger partial charge in [0.1, 0.15) is 0 Å². The van der Waals surface area contributed by atoms with Gasteiger partial charge in [0, 0.05) is 32.5 Å². The van der Waals surface area contributed by atoms with Crippen molar-refractivity contribution >= 4 is 0 Å². The van der Waals surface area contributed by atoms with Gasteiger partial charge in [-0.25, -0.2) is 0 Å². The summed E-state index contributed by atoms with van der Waals surface area (Å²) in [5.41, 5.74) is 3.02. The Morgan fingerprint density at radius 1 is 0.840 bits per heavy atom. The van der Waals surface area contributed by atoms with Crippen LogP contribution in [0.4, 0.5) is 0 Å². The highest BCUT2D eigenvalue weighted by Gasteiger charge is 2.35. The zero-order valence-electron chi connectivity index (χ0n) is 16.8. The van der Waals surface area contributed by atoms with Crippen molar-refractivity contribution in [2.75, 3.05) is 13.1 Å². The summed E-state index contributed by atoms with van der Waals surface area (Å²) in [4.78, 5) is 2.19. The molecule has 0 saturated carbocycles. The number of nitriles is 2. The van der Waals surface area contributed by atoms with Gasteiger partial charge in [0.25, 0.3) is 0 Å². The Labute approximate surface area is 154 Å². The molecule has 0 amide bonds. The molecule has 0 N–H and O–H groups in total. The lowest BCUT2D eigenvalue weighted by Crippen LogP contribution is -2.30. The molecule has 0 spiro atoms. The summed E-state index contributed by atoms with van der Waals surface area (Å²) >= 11 is 0. The lowest BCUT2D eigenvalue weighted by molar-refractivity contribution is 0.176. The van der Waals surface area contributed by atoms with E-state index in [1.807, 2.05) is 0 Å². The van der Waals surface area contributed by atoms with Crippen LogP contribution < -0.4 is 0 Å². The minimum Gasteiger partial charge on any atom is -0.297 e. The Morgan fingerprint density at radius 3 is 1.64 bits per heavy atom. The van der Waals surface area contributed by atoms with Crippen molar-refractivity contribution in [3.05, 3.63) is 35.4 Å². The standard InChI is InChI=1S/C22H33N3/c1-21(2,3)20(22(4,5)6)19-11-9-18(10-12-19)17-25(15-7-13-23)16-8-14-24/h9-12,20H,7-8,15-17H2,1-6H3. The number of hydrogen-bond acceptors (Lipinski definition) is 3. The number of hydrogen-bond donors (Lipinski definition) is 0. The SMILES string of the molecule is CC(C)(C)C(c1ccc(CN(CCC#N)CCC#N)cc1)C(C)(C)C. The van der Waals surface area contributed by atoms with E-state index in [4.69, 9.17) is 10.5 Å². The van der Waals surface area contributed by atoms with E-state index in [1.54, 1.807) is 0 Å². The number of nitrogens with zero attached hydrogens (tertiary/aromatic N) is 3. The van der Waals surface area contributed by atoms with Gasteiger partial charge in [-0.1, -0.05) is 65.8 Å². The van der Waals surface area contributed by atoms with E-state index in [-0.39, 0.29) is 10.8 Å². The smallest absolute Gasteiger partial charge is 0.0635 e. The van der Waals surface area contributed by atoms with E-state index in [0.717, 1.165) is 6.54 Å². The highest BCUT2D eigenvalue weighted by atomic mass is 15.1. The predicted octanol–water partition coefficient (Wildman–Crippen LogP) is 5.49. The van der Waals surface area contributed by atoms with Crippen LogP contribution in [-0.2, 0) is 6.54 Å². The van der Waals surface area contributed by atoms with Gasteiger partial charge in [-0.15, -0.1) is 0 Å². The van der Waals surface area contributed by atoms with Crippen molar-refractivity contribution in [3.63, 3.8) is 0 Å². The molecule has 0 aliphatic rings. The van der Waals surface area contributed by atoms with Crippen LogP contribution in [0.2, 0.25) is 0 Å². The molecule has 0 unspecified atom stereocenters. The second-order valence-electron chi connectivity index (χ2n) is 9.00. The molecule has 0 bridgehead atoms. The van der Waals surface area contributed by atoms with Crippen molar-refractivity contribution in [3.8, 4) is 12.1 Å². The lowest BCUT2D eigenvalue weighted by Gasteiger charge is -2.41. The fraction of sp³-hybridized carbons (Fsp3) is 0.636. The quantitative estimate of drug-likeness (QED) is 0.660. The molecule has 0 aliphatic carbocycles. The Balaban J connectivity index is 2.93. The molecule has 136 valence electrons. The Hall–Kier alpha value is -1.84. The Bertz CT molecular complexity index is 571. The van der Waals surface area contributed by atoms with Crippen molar-refractivity contribution in [2.45, 2.75) is 66.8 Å². The largest absolute Gasteiger partial charge is 0.297 e. The maximum Gasteiger partial charge on any atom is 0.0635 e. The Morgan fingerprint density at radius 2 is 1.28 bits per heavy atom. The first-order valence-corrected chi connectivity index (χ1v) is 9.14. The van der Waals surface area contributed by atoms with Crippen molar-refractivity contribution < 1.29 is 0 Å². The molecule has 0 fully saturated rings. The van der Waals surface area contributed by atoms with Gasteiger partial charge in [0.15, 0.2) is 0 Å². The molecule has 1 aromatic carbocycles. The van der Waals surface area contributed by atoms with Crippen molar-refractivity contribution in [1.82, 2.24) is 4.90 Å². The first kappa shape index (κ1) is 21.2. The summed E-state index contributed by atoms with van der Waals surface area (Å²) in [5, 5.41) is 17.6. The summed E-state index contributed by atoms with van der Waals surface area (Å²) < 4.78 is 0. The van der Waals surface area contributed by atoms with Gasteiger partial charge in [0.2, 0.25) is 0 Å². The maximum atomic E-state index is 8.81. The molecule has 0 aromatic heterocycles. The van der Waals surface area contributed by atoms with E-state index in [2.05, 4.69) is 82.8 Å². The zero-order valence-corrected chi connectivity index (χ0v) is 16.8. The van der Waals surface area contributed by atoms with Gasteiger partial charge >= 0.3 is 0 Å². The van der Waals surface area contributed by atoms with Crippen LogP contribution in [0.15, 0.2) is 24.3 Å². The fourth-order valence-electron chi connectivity index (χ4n) is 4.06. The summed E-state index contributed by atoms with van der Waals surface area (Å²) in [6.07, 6.45) is 0.999. The minimum atomic E-state index is 0.200. The summed E-state index contributed by atoms with van der Waals surface area (Å²) in [6.45, 7) is 16.1. The van der Waals surface area contributed by atoms with Crippen LogP contribution in [0.5, 0.6) is 0 Å². The zero-order chi connectivity index (χ0) is 19.1. The van der Waals surface area contributed by atoms with Crippen LogP contribution in [-0.4, -0.2) is 18.0 Å². The first-order chi connectivity index (χ1) is 11.6. The van der Waals surface area contributed by atoms with Gasteiger partial charge < -0.3 is 0 Å². The van der Waals surface area contributed by atoms with E-state index in [9.17, 15) is 0 Å². The molecule has 0 saturated heterocycles. The third-order valence-corrected chi connectivity index (χ3v) is 4.53. The number of benzene rings is 1. The van der Waals surface area contributed by atoms with E-state index < -0.39 is 0 Å². The molecule has 0 atom stereocenters.